The lowest BCUT2D eigenvalue weighted by atomic mass is 9.99. The molecule has 0 spiro atoms. The molecule has 0 amide bonds. The van der Waals surface area contributed by atoms with Crippen LogP contribution in [0.5, 0.6) is 0 Å². The summed E-state index contributed by atoms with van der Waals surface area (Å²) >= 11 is 0. The molecule has 0 saturated carbocycles. The Kier molecular flexibility index (Phi) is 4.69. The second-order valence-electron chi connectivity index (χ2n) is 5.07. The molecule has 4 nitrogen and oxygen atoms in total. The van der Waals surface area contributed by atoms with Crippen molar-refractivity contribution in [3.8, 4) is 0 Å². The summed E-state index contributed by atoms with van der Waals surface area (Å²) in [6.45, 7) is 4.67. The van der Waals surface area contributed by atoms with E-state index in [1.54, 1.807) is 7.11 Å². The SMILES string of the molecule is COC1CCN(Cc2ccc(C)cn2)C(CN)C1. The molecule has 1 saturated heterocycles. The minimum atomic E-state index is 0.362. The Balaban J connectivity index is 1.97. The number of nitrogens with zero attached hydrogens (tertiary/aromatic N) is 2. The molecule has 1 aliphatic rings. The standard InChI is InChI=1S/C14H23N3O/c1-11-3-4-12(16-9-11)10-17-6-5-14(18-2)7-13(17)8-15/h3-4,9,13-14H,5-8,10,15H2,1-2H3. The maximum atomic E-state index is 5.87. The first-order valence-corrected chi connectivity index (χ1v) is 6.61. The maximum absolute atomic E-state index is 5.87. The van der Waals surface area contributed by atoms with Crippen LogP contribution in [0.1, 0.15) is 24.1 Å². The molecule has 18 heavy (non-hydrogen) atoms. The average molecular weight is 249 g/mol. The second-order valence-corrected chi connectivity index (χ2v) is 5.07. The van der Waals surface area contributed by atoms with Crippen LogP contribution in [-0.2, 0) is 11.3 Å². The van der Waals surface area contributed by atoms with Gasteiger partial charge in [0, 0.05) is 39.0 Å². The van der Waals surface area contributed by atoms with E-state index < -0.39 is 0 Å². The smallest absolute Gasteiger partial charge is 0.0599 e. The largest absolute Gasteiger partial charge is 0.381 e. The number of rotatable bonds is 4. The molecule has 2 heterocycles. The van der Waals surface area contributed by atoms with Crippen LogP contribution in [0.25, 0.3) is 0 Å². The topological polar surface area (TPSA) is 51.4 Å². The van der Waals surface area contributed by atoms with Crippen molar-refractivity contribution in [1.29, 1.82) is 0 Å². The van der Waals surface area contributed by atoms with Crippen LogP contribution in [-0.4, -0.2) is 42.2 Å². The number of pyridine rings is 1. The van der Waals surface area contributed by atoms with Gasteiger partial charge in [0.05, 0.1) is 11.8 Å². The first kappa shape index (κ1) is 13.5. The summed E-state index contributed by atoms with van der Waals surface area (Å²) in [5.74, 6) is 0. The van der Waals surface area contributed by atoms with Crippen molar-refractivity contribution in [3.63, 3.8) is 0 Å². The molecule has 0 aromatic carbocycles. The zero-order valence-electron chi connectivity index (χ0n) is 11.3. The van der Waals surface area contributed by atoms with E-state index in [1.165, 1.54) is 5.56 Å². The minimum Gasteiger partial charge on any atom is -0.381 e. The number of hydrogen-bond donors (Lipinski definition) is 1. The van der Waals surface area contributed by atoms with E-state index in [2.05, 4.69) is 28.9 Å². The quantitative estimate of drug-likeness (QED) is 0.874. The Labute approximate surface area is 109 Å². The van der Waals surface area contributed by atoms with Crippen LogP contribution < -0.4 is 5.73 Å². The molecule has 2 N–H and O–H groups in total. The number of likely N-dealkylation sites (tertiary alicyclic amines) is 1. The lowest BCUT2D eigenvalue weighted by Crippen LogP contribution is -2.48. The highest BCUT2D eigenvalue weighted by Gasteiger charge is 2.27. The van der Waals surface area contributed by atoms with Gasteiger partial charge in [0.25, 0.3) is 0 Å². The van der Waals surface area contributed by atoms with Gasteiger partial charge >= 0.3 is 0 Å². The summed E-state index contributed by atoms with van der Waals surface area (Å²) in [5.41, 5.74) is 8.19. The lowest BCUT2D eigenvalue weighted by molar-refractivity contribution is 0.00978. The summed E-state index contributed by atoms with van der Waals surface area (Å²) in [7, 11) is 1.79. The van der Waals surface area contributed by atoms with Crippen molar-refractivity contribution in [3.05, 3.63) is 29.6 Å². The molecular formula is C14H23N3O. The molecule has 0 aliphatic carbocycles. The van der Waals surface area contributed by atoms with Gasteiger partial charge in [0.1, 0.15) is 0 Å². The molecule has 0 radical (unpaired) electrons. The fraction of sp³-hybridized carbons (Fsp3) is 0.643. The van der Waals surface area contributed by atoms with E-state index in [0.29, 0.717) is 18.7 Å². The van der Waals surface area contributed by atoms with E-state index >= 15 is 0 Å². The Bertz CT molecular complexity index is 366. The van der Waals surface area contributed by atoms with Crippen LogP contribution in [0.4, 0.5) is 0 Å². The van der Waals surface area contributed by atoms with Gasteiger partial charge in [0.2, 0.25) is 0 Å². The zero-order valence-corrected chi connectivity index (χ0v) is 11.3. The first-order chi connectivity index (χ1) is 8.72. The van der Waals surface area contributed by atoms with E-state index in [4.69, 9.17) is 10.5 Å². The molecule has 1 aliphatic heterocycles. The Hall–Kier alpha value is -0.970. The van der Waals surface area contributed by atoms with Gasteiger partial charge in [-0.3, -0.25) is 9.88 Å². The summed E-state index contributed by atoms with van der Waals surface area (Å²) < 4.78 is 5.44. The number of aromatic nitrogens is 1. The lowest BCUT2D eigenvalue weighted by Gasteiger charge is -2.38. The second kappa shape index (κ2) is 6.27. The zero-order chi connectivity index (χ0) is 13.0. The minimum absolute atomic E-state index is 0.362. The number of aryl methyl sites for hydroxylation is 1. The summed E-state index contributed by atoms with van der Waals surface area (Å²) in [4.78, 5) is 6.89. The fourth-order valence-electron chi connectivity index (χ4n) is 2.53. The van der Waals surface area contributed by atoms with Crippen molar-refractivity contribution in [2.75, 3.05) is 20.2 Å². The van der Waals surface area contributed by atoms with Crippen molar-refractivity contribution < 1.29 is 4.74 Å². The van der Waals surface area contributed by atoms with Crippen LogP contribution in [0.3, 0.4) is 0 Å². The van der Waals surface area contributed by atoms with Gasteiger partial charge in [-0.15, -0.1) is 0 Å². The van der Waals surface area contributed by atoms with Gasteiger partial charge in [0.15, 0.2) is 0 Å². The van der Waals surface area contributed by atoms with Gasteiger partial charge in [-0.05, 0) is 31.4 Å². The van der Waals surface area contributed by atoms with E-state index in [0.717, 1.165) is 31.6 Å². The summed E-state index contributed by atoms with van der Waals surface area (Å²) in [6.07, 6.45) is 4.40. The molecule has 1 aromatic rings. The van der Waals surface area contributed by atoms with Crippen LogP contribution in [0.2, 0.25) is 0 Å². The fourth-order valence-corrected chi connectivity index (χ4v) is 2.53. The van der Waals surface area contributed by atoms with Crippen LogP contribution >= 0.6 is 0 Å². The summed E-state index contributed by atoms with van der Waals surface area (Å²) in [5, 5.41) is 0. The number of methoxy groups -OCH3 is 1. The molecule has 100 valence electrons. The molecule has 0 bridgehead atoms. The highest BCUT2D eigenvalue weighted by Crippen LogP contribution is 2.20. The van der Waals surface area contributed by atoms with Crippen LogP contribution in [0, 0.1) is 6.92 Å². The monoisotopic (exact) mass is 249 g/mol. The third-order valence-electron chi connectivity index (χ3n) is 3.73. The molecule has 2 unspecified atom stereocenters. The molecule has 2 rings (SSSR count). The van der Waals surface area contributed by atoms with Gasteiger partial charge < -0.3 is 10.5 Å². The van der Waals surface area contributed by atoms with Crippen molar-refractivity contribution >= 4 is 0 Å². The maximum Gasteiger partial charge on any atom is 0.0599 e. The number of hydrogen-bond acceptors (Lipinski definition) is 4. The highest BCUT2D eigenvalue weighted by atomic mass is 16.5. The van der Waals surface area contributed by atoms with Gasteiger partial charge in [-0.25, -0.2) is 0 Å². The summed E-state index contributed by atoms with van der Waals surface area (Å²) in [6, 6.07) is 4.62. The molecule has 1 aromatic heterocycles. The Morgan fingerprint density at radius 1 is 1.50 bits per heavy atom. The number of ether oxygens (including phenoxy) is 1. The normalized spacial score (nSPS) is 25.3. The Morgan fingerprint density at radius 2 is 2.33 bits per heavy atom. The van der Waals surface area contributed by atoms with Crippen LogP contribution in [0.15, 0.2) is 18.3 Å². The van der Waals surface area contributed by atoms with Gasteiger partial charge in [-0.2, -0.15) is 0 Å². The Morgan fingerprint density at radius 3 is 2.94 bits per heavy atom. The number of nitrogens with two attached hydrogens (primary N) is 1. The molecule has 2 atom stereocenters. The molecule has 1 fully saturated rings. The highest BCUT2D eigenvalue weighted by molar-refractivity contribution is 5.12. The van der Waals surface area contributed by atoms with E-state index in [1.807, 2.05) is 6.20 Å². The van der Waals surface area contributed by atoms with E-state index in [-0.39, 0.29) is 0 Å². The van der Waals surface area contributed by atoms with E-state index in [9.17, 15) is 0 Å². The third-order valence-corrected chi connectivity index (χ3v) is 3.73. The van der Waals surface area contributed by atoms with Crippen molar-refractivity contribution in [2.45, 2.75) is 38.5 Å². The molecule has 4 heteroatoms. The predicted molar refractivity (Wildman–Crippen MR) is 72.3 cm³/mol. The van der Waals surface area contributed by atoms with Crippen molar-refractivity contribution in [2.24, 2.45) is 5.73 Å². The van der Waals surface area contributed by atoms with Crippen molar-refractivity contribution in [1.82, 2.24) is 9.88 Å². The first-order valence-electron chi connectivity index (χ1n) is 6.61. The van der Waals surface area contributed by atoms with Gasteiger partial charge in [-0.1, -0.05) is 6.07 Å². The average Bonchev–Trinajstić information content (AvgIpc) is 2.41. The number of piperidine rings is 1. The molecular weight excluding hydrogens is 226 g/mol. The predicted octanol–water partition coefficient (Wildman–Crippen LogP) is 1.33. The third kappa shape index (κ3) is 3.28.